The standard InChI is InChI=1S/C22H30N6O2/c1-14-7-6-10-27(13-14)19(20-24-25-26-28(20)22(2,3)4)17-11-15-8-9-16(30-5)12-18(15)23-21(17)29/h8-9,11-12,14,19H,6-7,10,13H2,1-5H3,(H,23,29)/t14-,19+/m1/s1. The van der Waals surface area contributed by atoms with Crippen LogP contribution in [0.15, 0.2) is 29.1 Å². The predicted octanol–water partition coefficient (Wildman–Crippen LogP) is 3.10. The SMILES string of the molecule is COc1ccc2cc([C@@H](c3nnnn3C(C)(C)C)N3CCC[C@@H](C)C3)c(=O)[nH]c2c1. The Labute approximate surface area is 176 Å². The Morgan fingerprint density at radius 1 is 1.27 bits per heavy atom. The van der Waals surface area contributed by atoms with Crippen LogP contribution in [0.2, 0.25) is 0 Å². The molecule has 0 saturated carbocycles. The van der Waals surface area contributed by atoms with Gasteiger partial charge in [0.05, 0.1) is 18.2 Å². The van der Waals surface area contributed by atoms with Crippen LogP contribution in [0.4, 0.5) is 0 Å². The molecule has 1 aliphatic heterocycles. The van der Waals surface area contributed by atoms with Crippen molar-refractivity contribution in [1.29, 1.82) is 0 Å². The first kappa shape index (κ1) is 20.5. The monoisotopic (exact) mass is 410 g/mol. The summed E-state index contributed by atoms with van der Waals surface area (Å²) in [5.41, 5.74) is 1.00. The number of hydrogen-bond acceptors (Lipinski definition) is 6. The largest absolute Gasteiger partial charge is 0.497 e. The van der Waals surface area contributed by atoms with E-state index in [0.29, 0.717) is 23.1 Å². The molecule has 0 spiro atoms. The van der Waals surface area contributed by atoms with Crippen molar-refractivity contribution in [2.24, 2.45) is 5.92 Å². The molecule has 1 aromatic carbocycles. The molecule has 0 amide bonds. The number of methoxy groups -OCH3 is 1. The van der Waals surface area contributed by atoms with Gasteiger partial charge in [0.1, 0.15) is 11.8 Å². The van der Waals surface area contributed by atoms with Gasteiger partial charge in [-0.05, 0) is 80.1 Å². The fourth-order valence-electron chi connectivity index (χ4n) is 4.33. The minimum Gasteiger partial charge on any atom is -0.497 e. The molecule has 0 unspecified atom stereocenters. The quantitative estimate of drug-likeness (QED) is 0.711. The number of benzene rings is 1. The zero-order chi connectivity index (χ0) is 21.5. The first-order valence-corrected chi connectivity index (χ1v) is 10.5. The Balaban J connectivity index is 1.89. The van der Waals surface area contributed by atoms with E-state index < -0.39 is 0 Å². The second-order valence-corrected chi connectivity index (χ2v) is 9.27. The topological polar surface area (TPSA) is 88.9 Å². The maximum atomic E-state index is 13.3. The molecule has 1 N–H and O–H groups in total. The van der Waals surface area contributed by atoms with Crippen molar-refractivity contribution in [2.45, 2.75) is 52.1 Å². The van der Waals surface area contributed by atoms with Gasteiger partial charge in [0.25, 0.3) is 5.56 Å². The van der Waals surface area contributed by atoms with E-state index in [4.69, 9.17) is 4.74 Å². The molecule has 3 heterocycles. The third-order valence-electron chi connectivity index (χ3n) is 5.80. The third kappa shape index (κ3) is 3.84. The summed E-state index contributed by atoms with van der Waals surface area (Å²) in [5.74, 6) is 1.97. The Kier molecular flexibility index (Phi) is 5.36. The van der Waals surface area contributed by atoms with Gasteiger partial charge in [0.15, 0.2) is 5.82 Å². The van der Waals surface area contributed by atoms with Gasteiger partial charge >= 0.3 is 0 Å². The van der Waals surface area contributed by atoms with Crippen molar-refractivity contribution >= 4 is 10.9 Å². The molecule has 1 fully saturated rings. The van der Waals surface area contributed by atoms with Gasteiger partial charge in [-0.25, -0.2) is 4.68 Å². The van der Waals surface area contributed by atoms with Crippen molar-refractivity contribution in [3.63, 3.8) is 0 Å². The normalized spacial score (nSPS) is 19.2. The van der Waals surface area contributed by atoms with Crippen molar-refractivity contribution < 1.29 is 4.74 Å². The molecular formula is C22H30N6O2. The molecule has 8 nitrogen and oxygen atoms in total. The predicted molar refractivity (Wildman–Crippen MR) is 116 cm³/mol. The highest BCUT2D eigenvalue weighted by Gasteiger charge is 2.34. The van der Waals surface area contributed by atoms with Gasteiger partial charge in [-0.3, -0.25) is 9.69 Å². The van der Waals surface area contributed by atoms with Crippen LogP contribution in [0.3, 0.4) is 0 Å². The van der Waals surface area contributed by atoms with Crippen molar-refractivity contribution in [3.05, 3.63) is 46.0 Å². The van der Waals surface area contributed by atoms with Crippen LogP contribution in [0.25, 0.3) is 10.9 Å². The number of rotatable bonds is 4. The number of fused-ring (bicyclic) bond motifs is 1. The number of aromatic nitrogens is 5. The van der Waals surface area contributed by atoms with Crippen LogP contribution in [0.1, 0.15) is 58.0 Å². The summed E-state index contributed by atoms with van der Waals surface area (Å²) in [5, 5.41) is 13.6. The molecule has 1 saturated heterocycles. The zero-order valence-electron chi connectivity index (χ0n) is 18.3. The number of H-pyrrole nitrogens is 1. The van der Waals surface area contributed by atoms with E-state index in [1.54, 1.807) is 7.11 Å². The van der Waals surface area contributed by atoms with E-state index in [-0.39, 0.29) is 17.1 Å². The van der Waals surface area contributed by atoms with Crippen LogP contribution >= 0.6 is 0 Å². The molecule has 2 atom stereocenters. The molecule has 3 aromatic rings. The molecule has 160 valence electrons. The van der Waals surface area contributed by atoms with Crippen LogP contribution < -0.4 is 10.3 Å². The maximum Gasteiger partial charge on any atom is 0.253 e. The molecular weight excluding hydrogens is 380 g/mol. The number of nitrogens with zero attached hydrogens (tertiary/aromatic N) is 5. The summed E-state index contributed by atoms with van der Waals surface area (Å²) in [7, 11) is 1.62. The molecule has 2 aromatic heterocycles. The molecule has 30 heavy (non-hydrogen) atoms. The lowest BCUT2D eigenvalue weighted by molar-refractivity contribution is 0.137. The molecule has 0 bridgehead atoms. The molecule has 0 aliphatic carbocycles. The first-order valence-electron chi connectivity index (χ1n) is 10.5. The Bertz CT molecular complexity index is 1100. The maximum absolute atomic E-state index is 13.3. The lowest BCUT2D eigenvalue weighted by Gasteiger charge is -2.37. The van der Waals surface area contributed by atoms with Crippen LogP contribution in [0.5, 0.6) is 5.75 Å². The highest BCUT2D eigenvalue weighted by Crippen LogP contribution is 2.32. The van der Waals surface area contributed by atoms with E-state index >= 15 is 0 Å². The average Bonchev–Trinajstić information content (AvgIpc) is 3.18. The number of piperidine rings is 1. The second kappa shape index (κ2) is 7.83. The van der Waals surface area contributed by atoms with E-state index in [1.807, 2.05) is 28.9 Å². The van der Waals surface area contributed by atoms with Crippen LogP contribution in [0, 0.1) is 5.92 Å². The summed E-state index contributed by atoms with van der Waals surface area (Å²) in [6.45, 7) is 10.3. The molecule has 4 rings (SSSR count). The van der Waals surface area contributed by atoms with E-state index in [0.717, 1.165) is 30.4 Å². The van der Waals surface area contributed by atoms with E-state index in [1.165, 1.54) is 6.42 Å². The average molecular weight is 411 g/mol. The summed E-state index contributed by atoms with van der Waals surface area (Å²) in [6, 6.07) is 7.38. The van der Waals surface area contributed by atoms with E-state index in [9.17, 15) is 4.79 Å². The number of tetrazole rings is 1. The van der Waals surface area contributed by atoms with Crippen molar-refractivity contribution in [1.82, 2.24) is 30.1 Å². The Hall–Kier alpha value is -2.74. The number of aromatic amines is 1. The smallest absolute Gasteiger partial charge is 0.253 e. The summed E-state index contributed by atoms with van der Waals surface area (Å²) < 4.78 is 7.14. The molecule has 8 heteroatoms. The Morgan fingerprint density at radius 2 is 2.07 bits per heavy atom. The second-order valence-electron chi connectivity index (χ2n) is 9.27. The van der Waals surface area contributed by atoms with Gasteiger partial charge in [-0.1, -0.05) is 6.92 Å². The van der Waals surface area contributed by atoms with Gasteiger partial charge < -0.3 is 9.72 Å². The van der Waals surface area contributed by atoms with Crippen LogP contribution in [-0.4, -0.2) is 50.3 Å². The summed E-state index contributed by atoms with van der Waals surface area (Å²) in [6.07, 6.45) is 2.29. The highest BCUT2D eigenvalue weighted by molar-refractivity contribution is 5.80. The zero-order valence-corrected chi connectivity index (χ0v) is 18.3. The van der Waals surface area contributed by atoms with Crippen LogP contribution in [-0.2, 0) is 5.54 Å². The number of ether oxygens (including phenoxy) is 1. The lowest BCUT2D eigenvalue weighted by atomic mass is 9.95. The number of hydrogen-bond donors (Lipinski definition) is 1. The first-order chi connectivity index (χ1) is 14.3. The van der Waals surface area contributed by atoms with Gasteiger partial charge in [-0.15, -0.1) is 5.10 Å². The number of nitrogens with one attached hydrogen (secondary N) is 1. The van der Waals surface area contributed by atoms with Gasteiger partial charge in [-0.2, -0.15) is 0 Å². The van der Waals surface area contributed by atoms with Gasteiger partial charge in [0.2, 0.25) is 0 Å². The van der Waals surface area contributed by atoms with Crippen molar-refractivity contribution in [2.75, 3.05) is 20.2 Å². The minimum absolute atomic E-state index is 0.123. The number of likely N-dealkylation sites (tertiary alicyclic amines) is 1. The molecule has 0 radical (unpaired) electrons. The Morgan fingerprint density at radius 3 is 2.77 bits per heavy atom. The molecule has 1 aliphatic rings. The minimum atomic E-state index is -0.308. The van der Waals surface area contributed by atoms with E-state index in [2.05, 4.69) is 53.1 Å². The third-order valence-corrected chi connectivity index (χ3v) is 5.80. The van der Waals surface area contributed by atoms with Crippen molar-refractivity contribution in [3.8, 4) is 5.75 Å². The fourth-order valence-corrected chi connectivity index (χ4v) is 4.33. The summed E-state index contributed by atoms with van der Waals surface area (Å²) >= 11 is 0. The fraction of sp³-hybridized carbons (Fsp3) is 0.545. The lowest BCUT2D eigenvalue weighted by Crippen LogP contribution is -2.42. The summed E-state index contributed by atoms with van der Waals surface area (Å²) in [4.78, 5) is 18.6. The van der Waals surface area contributed by atoms with Gasteiger partial charge in [0, 0.05) is 18.2 Å². The highest BCUT2D eigenvalue weighted by atomic mass is 16.5. The number of pyridine rings is 1.